The van der Waals surface area contributed by atoms with Gasteiger partial charge in [-0.15, -0.1) is 0 Å². The van der Waals surface area contributed by atoms with Gasteiger partial charge in [0.1, 0.15) is 18.3 Å². The molecule has 0 aromatic rings. The van der Waals surface area contributed by atoms with Gasteiger partial charge in [-0.25, -0.2) is 0 Å². The van der Waals surface area contributed by atoms with Crippen LogP contribution in [0.1, 0.15) is 0 Å². The average Bonchev–Trinajstić information content (AvgIpc) is 2.61. The van der Waals surface area contributed by atoms with E-state index in [0.717, 1.165) is 0 Å². The minimum absolute atomic E-state index is 0.289. The third kappa shape index (κ3) is 5.13. The molecule has 1 fully saturated rings. The molecule has 0 radical (unpaired) electrons. The zero-order valence-corrected chi connectivity index (χ0v) is 10.9. The maximum atomic E-state index is 11.3. The summed E-state index contributed by atoms with van der Waals surface area (Å²) in [5.41, 5.74) is 0. The van der Waals surface area contributed by atoms with E-state index in [-0.39, 0.29) is 13.0 Å². The quantitative estimate of drug-likeness (QED) is 0.265. The number of aliphatic hydroxyl groups is 2. The number of hydrogen-bond donors (Lipinski definition) is 4. The topological polar surface area (TPSA) is 180 Å². The number of carbonyl (C=O) groups is 2. The van der Waals surface area contributed by atoms with Crippen molar-refractivity contribution >= 4 is 20.1 Å². The molecule has 0 saturated carbocycles. The molecule has 0 spiro atoms. The molecule has 2 amide bonds. The Kier molecular flexibility index (Phi) is 6.02. The van der Waals surface area contributed by atoms with Crippen LogP contribution in [0, 0.1) is 0 Å². The molecule has 1 aliphatic heterocycles. The van der Waals surface area contributed by atoms with Gasteiger partial charge in [0.15, 0.2) is 6.23 Å². The third-order valence-corrected chi connectivity index (χ3v) is 2.87. The molecular weight excluding hydrogens is 299 g/mol. The zero-order valence-electron chi connectivity index (χ0n) is 10.0. The normalized spacial score (nSPS) is 30.0. The van der Waals surface area contributed by atoms with E-state index in [2.05, 4.69) is 15.2 Å². The number of aliphatic hydroxyl groups excluding tert-OH is 2. The van der Waals surface area contributed by atoms with Crippen molar-refractivity contribution in [3.05, 3.63) is 0 Å². The molecule has 4 N–H and O–H groups in total. The van der Waals surface area contributed by atoms with Crippen molar-refractivity contribution in [1.82, 2.24) is 10.6 Å². The first-order chi connectivity index (χ1) is 9.24. The number of carbonyl (C=O) groups excluding carboxylic acids is 2. The van der Waals surface area contributed by atoms with Crippen molar-refractivity contribution in [2.75, 3.05) is 13.2 Å². The Hall–Kier alpha value is -1.07. The number of hydrogen-bond acceptors (Lipinski definition) is 9. The summed E-state index contributed by atoms with van der Waals surface area (Å²) in [5, 5.41) is 23.3. The highest BCUT2D eigenvalue weighted by atomic mass is 31.2. The summed E-state index contributed by atoms with van der Waals surface area (Å²) in [6.07, 6.45) is -5.42. The fourth-order valence-electron chi connectivity index (χ4n) is 1.51. The first kappa shape index (κ1) is 17.0. The monoisotopic (exact) mass is 312 g/mol. The second-order valence-corrected chi connectivity index (χ2v) is 5.04. The first-order valence-electron chi connectivity index (χ1n) is 5.39. The van der Waals surface area contributed by atoms with Crippen LogP contribution in [0.2, 0.25) is 0 Å². The van der Waals surface area contributed by atoms with Gasteiger partial charge in [0, 0.05) is 0 Å². The maximum Gasteiger partial charge on any atom is 0.241 e. The summed E-state index contributed by atoms with van der Waals surface area (Å²) in [6.45, 7) is -1.16. The SMILES string of the molecule is O=CNCC(=O)N[C@@H]1O[C@H](COP(=O)([O-])[O-])[C@@H](O)[C@H]1O. The molecule has 0 bridgehead atoms. The van der Waals surface area contributed by atoms with E-state index in [9.17, 15) is 34.2 Å². The molecule has 1 heterocycles. The Morgan fingerprint density at radius 2 is 2.05 bits per heavy atom. The molecule has 0 aromatic carbocycles. The maximum absolute atomic E-state index is 11.3. The lowest BCUT2D eigenvalue weighted by molar-refractivity contribution is -0.343. The zero-order chi connectivity index (χ0) is 15.3. The standard InChI is InChI=1S/C8H15N2O9P/c11-3-9-1-5(12)10-8-7(14)6(13)4(19-8)2-18-20(15,16)17/h3-4,6-8,13-14H,1-2H2,(H,9,11)(H,10,12)(H2,15,16,17)/p-2/t4-,6-,7-,8-/m1/s1. The Morgan fingerprint density at radius 3 is 2.60 bits per heavy atom. The van der Waals surface area contributed by atoms with Gasteiger partial charge in [-0.1, -0.05) is 0 Å². The Morgan fingerprint density at radius 1 is 1.40 bits per heavy atom. The van der Waals surface area contributed by atoms with E-state index in [1.165, 1.54) is 0 Å². The van der Waals surface area contributed by atoms with Crippen molar-refractivity contribution in [1.29, 1.82) is 0 Å². The third-order valence-electron chi connectivity index (χ3n) is 2.41. The van der Waals surface area contributed by atoms with E-state index < -0.39 is 44.9 Å². The smallest absolute Gasteiger partial charge is 0.241 e. The predicted molar refractivity (Wildman–Crippen MR) is 56.4 cm³/mol. The summed E-state index contributed by atoms with van der Waals surface area (Å²) in [6, 6.07) is 0. The van der Waals surface area contributed by atoms with Gasteiger partial charge >= 0.3 is 0 Å². The summed E-state index contributed by atoms with van der Waals surface area (Å²) in [5.74, 6) is -0.701. The lowest BCUT2D eigenvalue weighted by atomic mass is 10.1. The summed E-state index contributed by atoms with van der Waals surface area (Å²) >= 11 is 0. The van der Waals surface area contributed by atoms with Crippen molar-refractivity contribution in [3.8, 4) is 0 Å². The number of nitrogens with one attached hydrogen (secondary N) is 2. The largest absolute Gasteiger partial charge is 0.790 e. The van der Waals surface area contributed by atoms with Gasteiger partial charge in [-0.2, -0.15) is 0 Å². The summed E-state index contributed by atoms with van der Waals surface area (Å²) in [4.78, 5) is 41.8. The Bertz CT molecular complexity index is 399. The fourth-order valence-corrected chi connectivity index (χ4v) is 1.84. The number of rotatable bonds is 7. The molecule has 4 atom stereocenters. The number of phosphoric acid groups is 1. The molecule has 1 saturated heterocycles. The van der Waals surface area contributed by atoms with Crippen LogP contribution < -0.4 is 20.4 Å². The molecule has 1 rings (SSSR count). The summed E-state index contributed by atoms with van der Waals surface area (Å²) < 4.78 is 19.2. The van der Waals surface area contributed by atoms with Gasteiger partial charge in [0.25, 0.3) is 0 Å². The lowest BCUT2D eigenvalue weighted by Gasteiger charge is -2.30. The Labute approximate surface area is 113 Å². The van der Waals surface area contributed by atoms with Crippen LogP contribution in [0.3, 0.4) is 0 Å². The van der Waals surface area contributed by atoms with Gasteiger partial charge in [0.2, 0.25) is 12.3 Å². The highest BCUT2D eigenvalue weighted by Gasteiger charge is 2.43. The van der Waals surface area contributed by atoms with Crippen molar-refractivity contribution < 1.29 is 43.4 Å². The van der Waals surface area contributed by atoms with E-state index in [1.54, 1.807) is 0 Å². The molecule has 116 valence electrons. The Balaban J connectivity index is 2.49. The van der Waals surface area contributed by atoms with Crippen molar-refractivity contribution in [2.45, 2.75) is 24.5 Å². The van der Waals surface area contributed by atoms with E-state index >= 15 is 0 Å². The van der Waals surface area contributed by atoms with Crippen molar-refractivity contribution in [2.24, 2.45) is 0 Å². The number of phosphoric ester groups is 1. The van der Waals surface area contributed by atoms with E-state index in [1.807, 2.05) is 0 Å². The molecule has 0 aliphatic carbocycles. The molecule has 1 aliphatic rings. The lowest BCUT2D eigenvalue weighted by Crippen LogP contribution is -2.46. The predicted octanol–water partition coefficient (Wildman–Crippen LogP) is -4.86. The highest BCUT2D eigenvalue weighted by molar-refractivity contribution is 7.43. The molecule has 11 nitrogen and oxygen atoms in total. The van der Waals surface area contributed by atoms with Crippen LogP contribution >= 0.6 is 7.82 Å². The van der Waals surface area contributed by atoms with E-state index in [4.69, 9.17) is 4.74 Å². The summed E-state index contributed by atoms with van der Waals surface area (Å²) in [7, 11) is -5.24. The van der Waals surface area contributed by atoms with E-state index in [0.29, 0.717) is 0 Å². The second-order valence-electron chi connectivity index (χ2n) is 3.89. The molecule has 20 heavy (non-hydrogen) atoms. The second kappa shape index (κ2) is 7.09. The molecular formula is C8H13N2O9P-2. The van der Waals surface area contributed by atoms with Crippen LogP contribution in [0.5, 0.6) is 0 Å². The fraction of sp³-hybridized carbons (Fsp3) is 0.750. The molecule has 12 heteroatoms. The average molecular weight is 312 g/mol. The van der Waals surface area contributed by atoms with Crippen LogP contribution in [-0.4, -0.2) is 60.2 Å². The molecule has 0 unspecified atom stereocenters. The first-order valence-corrected chi connectivity index (χ1v) is 6.85. The van der Waals surface area contributed by atoms with Crippen LogP contribution in [0.15, 0.2) is 0 Å². The minimum Gasteiger partial charge on any atom is -0.790 e. The number of amides is 2. The van der Waals surface area contributed by atoms with Crippen LogP contribution in [0.25, 0.3) is 0 Å². The highest BCUT2D eigenvalue weighted by Crippen LogP contribution is 2.28. The van der Waals surface area contributed by atoms with Gasteiger partial charge in [-0.3, -0.25) is 9.59 Å². The van der Waals surface area contributed by atoms with Crippen LogP contribution in [0.4, 0.5) is 0 Å². The van der Waals surface area contributed by atoms with Gasteiger partial charge in [-0.05, 0) is 0 Å². The molecule has 0 aromatic heterocycles. The van der Waals surface area contributed by atoms with Gasteiger partial charge in [0.05, 0.1) is 21.0 Å². The van der Waals surface area contributed by atoms with Crippen LogP contribution in [-0.2, 0) is 23.4 Å². The van der Waals surface area contributed by atoms with Crippen molar-refractivity contribution in [3.63, 3.8) is 0 Å². The minimum atomic E-state index is -5.24. The van der Waals surface area contributed by atoms with Gasteiger partial charge < -0.3 is 44.5 Å². The number of ether oxygens (including phenoxy) is 1.